The van der Waals surface area contributed by atoms with E-state index in [1.165, 1.54) is 25.3 Å². The van der Waals surface area contributed by atoms with Crippen molar-refractivity contribution in [2.45, 2.75) is 24.7 Å². The third kappa shape index (κ3) is 5.28. The van der Waals surface area contributed by atoms with Crippen LogP contribution in [-0.4, -0.2) is 46.3 Å². The summed E-state index contributed by atoms with van der Waals surface area (Å²) in [5, 5.41) is 12.0. The van der Waals surface area contributed by atoms with E-state index in [0.717, 1.165) is 6.42 Å². The first-order chi connectivity index (χ1) is 10.4. The normalized spacial score (nSPS) is 11.4. The quantitative estimate of drug-likeness (QED) is 0.562. The topological polar surface area (TPSA) is 105 Å². The molecular weight excluding hydrogens is 308 g/mol. The average molecular weight is 330 g/mol. The predicted molar refractivity (Wildman–Crippen MR) is 83.9 cm³/mol. The van der Waals surface area contributed by atoms with Crippen LogP contribution in [0.3, 0.4) is 0 Å². The highest BCUT2D eigenvalue weighted by molar-refractivity contribution is 7.89. The third-order valence-electron chi connectivity index (χ3n) is 2.90. The van der Waals surface area contributed by atoms with Crippen LogP contribution in [0, 0.1) is 0 Å². The molecule has 1 aromatic rings. The zero-order chi connectivity index (χ0) is 16.6. The number of nitrogens with one attached hydrogen (secondary N) is 2. The van der Waals surface area contributed by atoms with Crippen molar-refractivity contribution in [2.75, 3.05) is 32.1 Å². The lowest BCUT2D eigenvalue weighted by molar-refractivity contribution is 0.0696. The number of carbonyl (C=O) groups is 1. The van der Waals surface area contributed by atoms with Gasteiger partial charge in [0.05, 0.1) is 11.3 Å². The predicted octanol–water partition coefficient (Wildman–Crippen LogP) is 1.52. The minimum Gasteiger partial charge on any atom is -0.478 e. The summed E-state index contributed by atoms with van der Waals surface area (Å²) in [6, 6.07) is 4.02. The molecule has 3 N–H and O–H groups in total. The summed E-state index contributed by atoms with van der Waals surface area (Å²) >= 11 is 0. The minimum atomic E-state index is -3.79. The molecule has 0 radical (unpaired) electrons. The highest BCUT2D eigenvalue weighted by atomic mass is 32.2. The molecule has 1 rings (SSSR count). The Morgan fingerprint density at radius 2 is 2.05 bits per heavy atom. The summed E-state index contributed by atoms with van der Waals surface area (Å²) in [4.78, 5) is 11.0. The Morgan fingerprint density at radius 1 is 1.32 bits per heavy atom. The van der Waals surface area contributed by atoms with Crippen molar-refractivity contribution >= 4 is 21.7 Å². The fourth-order valence-corrected chi connectivity index (χ4v) is 3.06. The van der Waals surface area contributed by atoms with Gasteiger partial charge in [-0.05, 0) is 31.0 Å². The highest BCUT2D eigenvalue weighted by Crippen LogP contribution is 2.23. The number of sulfonamides is 1. The Kier molecular flexibility index (Phi) is 7.30. The van der Waals surface area contributed by atoms with E-state index >= 15 is 0 Å². The number of hydrogen-bond donors (Lipinski definition) is 3. The molecule has 0 heterocycles. The molecule has 1 aromatic carbocycles. The SMILES string of the molecule is CCCNc1ccc(C(=O)O)cc1S(=O)(=O)NCCCOC. The van der Waals surface area contributed by atoms with E-state index in [1.807, 2.05) is 6.92 Å². The first-order valence-corrected chi connectivity index (χ1v) is 8.50. The zero-order valence-electron chi connectivity index (χ0n) is 12.8. The molecule has 0 aliphatic carbocycles. The summed E-state index contributed by atoms with van der Waals surface area (Å²) in [5.74, 6) is -1.17. The van der Waals surface area contributed by atoms with Crippen LogP contribution in [0.4, 0.5) is 5.69 Å². The Hall–Kier alpha value is -1.64. The van der Waals surface area contributed by atoms with Crippen LogP contribution in [0.2, 0.25) is 0 Å². The molecule has 0 aliphatic rings. The van der Waals surface area contributed by atoms with Crippen molar-refractivity contribution in [1.82, 2.24) is 4.72 Å². The molecule has 0 fully saturated rings. The summed E-state index contributed by atoms with van der Waals surface area (Å²) in [5.41, 5.74) is 0.324. The number of rotatable bonds is 10. The van der Waals surface area contributed by atoms with E-state index in [4.69, 9.17) is 9.84 Å². The van der Waals surface area contributed by atoms with Gasteiger partial charge in [-0.25, -0.2) is 17.9 Å². The summed E-state index contributed by atoms with van der Waals surface area (Å²) in [6.45, 7) is 3.22. The number of hydrogen-bond acceptors (Lipinski definition) is 5. The Morgan fingerprint density at radius 3 is 2.64 bits per heavy atom. The van der Waals surface area contributed by atoms with Gasteiger partial charge < -0.3 is 15.2 Å². The molecule has 22 heavy (non-hydrogen) atoms. The molecule has 0 aromatic heterocycles. The van der Waals surface area contributed by atoms with E-state index in [1.54, 1.807) is 0 Å². The maximum absolute atomic E-state index is 12.4. The van der Waals surface area contributed by atoms with Crippen molar-refractivity contribution < 1.29 is 23.1 Å². The van der Waals surface area contributed by atoms with Crippen molar-refractivity contribution in [3.05, 3.63) is 23.8 Å². The molecule has 0 atom stereocenters. The molecule has 7 nitrogen and oxygen atoms in total. The molecular formula is C14H22N2O5S. The molecule has 8 heteroatoms. The average Bonchev–Trinajstić information content (AvgIpc) is 2.49. The summed E-state index contributed by atoms with van der Waals surface area (Å²) in [6.07, 6.45) is 1.35. The van der Waals surface area contributed by atoms with E-state index < -0.39 is 16.0 Å². The van der Waals surface area contributed by atoms with Gasteiger partial charge in [0.2, 0.25) is 10.0 Å². The van der Waals surface area contributed by atoms with Crippen LogP contribution in [0.5, 0.6) is 0 Å². The smallest absolute Gasteiger partial charge is 0.335 e. The Balaban J connectivity index is 3.05. The van der Waals surface area contributed by atoms with Crippen molar-refractivity contribution in [3.8, 4) is 0 Å². The van der Waals surface area contributed by atoms with Gasteiger partial charge in [-0.3, -0.25) is 0 Å². The largest absolute Gasteiger partial charge is 0.478 e. The highest BCUT2D eigenvalue weighted by Gasteiger charge is 2.20. The lowest BCUT2D eigenvalue weighted by Crippen LogP contribution is -2.26. The van der Waals surface area contributed by atoms with Crippen LogP contribution in [0.15, 0.2) is 23.1 Å². The Bertz CT molecular complexity index is 601. The van der Waals surface area contributed by atoms with Gasteiger partial charge >= 0.3 is 5.97 Å². The lowest BCUT2D eigenvalue weighted by Gasteiger charge is -2.13. The maximum atomic E-state index is 12.4. The second-order valence-electron chi connectivity index (χ2n) is 4.69. The summed E-state index contributed by atoms with van der Waals surface area (Å²) in [7, 11) is -2.25. The van der Waals surface area contributed by atoms with Gasteiger partial charge in [0.25, 0.3) is 0 Å². The third-order valence-corrected chi connectivity index (χ3v) is 4.40. The fourth-order valence-electron chi connectivity index (χ4n) is 1.78. The number of benzene rings is 1. The monoisotopic (exact) mass is 330 g/mol. The van der Waals surface area contributed by atoms with Crippen LogP contribution < -0.4 is 10.0 Å². The van der Waals surface area contributed by atoms with Gasteiger partial charge in [-0.1, -0.05) is 6.92 Å². The number of carboxylic acid groups (broad SMARTS) is 1. The summed E-state index contributed by atoms with van der Waals surface area (Å²) < 4.78 is 32.1. The van der Waals surface area contributed by atoms with Gasteiger partial charge in [-0.2, -0.15) is 0 Å². The van der Waals surface area contributed by atoms with Crippen molar-refractivity contribution in [1.29, 1.82) is 0 Å². The van der Waals surface area contributed by atoms with Gasteiger partial charge in [0, 0.05) is 26.8 Å². The molecule has 0 amide bonds. The van der Waals surface area contributed by atoms with E-state index in [0.29, 0.717) is 25.3 Å². The number of aromatic carboxylic acids is 1. The Labute approximate surface area is 130 Å². The standard InChI is InChI=1S/C14H22N2O5S/c1-3-7-15-12-6-5-11(14(17)18)10-13(12)22(19,20)16-8-4-9-21-2/h5-6,10,15-16H,3-4,7-9H2,1-2H3,(H,17,18). The lowest BCUT2D eigenvalue weighted by atomic mass is 10.2. The molecule has 0 saturated heterocycles. The molecule has 0 aliphatic heterocycles. The first-order valence-electron chi connectivity index (χ1n) is 7.02. The van der Waals surface area contributed by atoms with E-state index in [9.17, 15) is 13.2 Å². The van der Waals surface area contributed by atoms with Gasteiger partial charge in [0.15, 0.2) is 0 Å². The number of methoxy groups -OCH3 is 1. The fraction of sp³-hybridized carbons (Fsp3) is 0.500. The second kappa shape index (κ2) is 8.72. The van der Waals surface area contributed by atoms with Crippen LogP contribution in [-0.2, 0) is 14.8 Å². The van der Waals surface area contributed by atoms with Crippen molar-refractivity contribution in [2.24, 2.45) is 0 Å². The molecule has 0 spiro atoms. The van der Waals surface area contributed by atoms with Crippen LogP contribution in [0.25, 0.3) is 0 Å². The number of carboxylic acids is 1. The van der Waals surface area contributed by atoms with Gasteiger partial charge in [-0.15, -0.1) is 0 Å². The molecule has 124 valence electrons. The minimum absolute atomic E-state index is 0.0572. The van der Waals surface area contributed by atoms with Crippen LogP contribution >= 0.6 is 0 Å². The number of ether oxygens (including phenoxy) is 1. The molecule has 0 saturated carbocycles. The van der Waals surface area contributed by atoms with Crippen molar-refractivity contribution in [3.63, 3.8) is 0 Å². The number of anilines is 1. The van der Waals surface area contributed by atoms with E-state index in [2.05, 4.69) is 10.0 Å². The van der Waals surface area contributed by atoms with Gasteiger partial charge in [0.1, 0.15) is 4.90 Å². The first kappa shape index (κ1) is 18.4. The van der Waals surface area contributed by atoms with E-state index in [-0.39, 0.29) is 17.0 Å². The van der Waals surface area contributed by atoms with Crippen LogP contribution in [0.1, 0.15) is 30.1 Å². The zero-order valence-corrected chi connectivity index (χ0v) is 13.6. The molecule has 0 unspecified atom stereocenters. The second-order valence-corrected chi connectivity index (χ2v) is 6.42. The maximum Gasteiger partial charge on any atom is 0.335 e. The molecule has 0 bridgehead atoms.